The lowest BCUT2D eigenvalue weighted by Gasteiger charge is -2.28. The molecule has 1 saturated carbocycles. The smallest absolute Gasteiger partial charge is 0.303 e. The highest BCUT2D eigenvalue weighted by atomic mass is 16.5. The molecular weight excluding hydrogens is 392 g/mol. The van der Waals surface area contributed by atoms with E-state index in [2.05, 4.69) is 18.2 Å². The summed E-state index contributed by atoms with van der Waals surface area (Å²) < 4.78 is 18.2. The van der Waals surface area contributed by atoms with Crippen LogP contribution < -0.4 is 4.74 Å². The average molecular weight is 431 g/mol. The molecule has 1 aromatic rings. The number of ether oxygens (including phenoxy) is 3. The van der Waals surface area contributed by atoms with Gasteiger partial charge in [0.15, 0.2) is 0 Å². The van der Waals surface area contributed by atoms with Gasteiger partial charge < -0.3 is 19.3 Å². The van der Waals surface area contributed by atoms with Crippen LogP contribution in [0.3, 0.4) is 0 Å². The molecule has 2 bridgehead atoms. The Morgan fingerprint density at radius 1 is 1.03 bits per heavy atom. The van der Waals surface area contributed by atoms with Gasteiger partial charge in [-0.05, 0) is 86.8 Å². The number of hydrogen-bond donors (Lipinski definition) is 1. The zero-order chi connectivity index (χ0) is 21.5. The maximum Gasteiger partial charge on any atom is 0.303 e. The Labute approximate surface area is 186 Å². The van der Waals surface area contributed by atoms with Crippen LogP contribution in [0.15, 0.2) is 24.3 Å². The van der Waals surface area contributed by atoms with Crippen LogP contribution in [-0.2, 0) is 20.7 Å². The van der Waals surface area contributed by atoms with Gasteiger partial charge in [-0.1, -0.05) is 25.0 Å². The van der Waals surface area contributed by atoms with Crippen molar-refractivity contribution in [2.24, 2.45) is 17.8 Å². The molecule has 2 heterocycles. The maximum absolute atomic E-state index is 10.6. The molecule has 31 heavy (non-hydrogen) atoms. The van der Waals surface area contributed by atoms with Gasteiger partial charge in [0, 0.05) is 19.6 Å². The van der Waals surface area contributed by atoms with Crippen LogP contribution >= 0.6 is 0 Å². The number of hydrogen-bond acceptors (Lipinski definition) is 4. The van der Waals surface area contributed by atoms with Crippen molar-refractivity contribution in [2.45, 2.75) is 82.8 Å². The van der Waals surface area contributed by atoms with Gasteiger partial charge in [0.25, 0.3) is 0 Å². The summed E-state index contributed by atoms with van der Waals surface area (Å²) in [6.45, 7) is 2.37. The van der Waals surface area contributed by atoms with E-state index in [1.54, 1.807) is 0 Å². The fraction of sp³-hybridized carbons (Fsp3) is 0.731. The lowest BCUT2D eigenvalue weighted by atomic mass is 9.75. The molecule has 1 aliphatic carbocycles. The highest BCUT2D eigenvalue weighted by Crippen LogP contribution is 2.46. The average Bonchev–Trinajstić information content (AvgIpc) is 3.50. The first-order valence-corrected chi connectivity index (χ1v) is 12.4. The predicted octanol–water partition coefficient (Wildman–Crippen LogP) is 5.25. The summed E-state index contributed by atoms with van der Waals surface area (Å²) in [4.78, 5) is 10.6. The number of unbranched alkanes of at least 4 members (excludes halogenated alkanes) is 1. The van der Waals surface area contributed by atoms with E-state index in [0.717, 1.165) is 44.1 Å². The molecule has 0 amide bonds. The third kappa shape index (κ3) is 6.45. The van der Waals surface area contributed by atoms with Gasteiger partial charge in [-0.15, -0.1) is 0 Å². The van der Waals surface area contributed by atoms with Crippen LogP contribution in [0, 0.1) is 17.8 Å². The third-order valence-electron chi connectivity index (χ3n) is 7.44. The van der Waals surface area contributed by atoms with Crippen LogP contribution in [0.4, 0.5) is 0 Å². The van der Waals surface area contributed by atoms with E-state index in [1.165, 1.54) is 44.1 Å². The summed E-state index contributed by atoms with van der Waals surface area (Å²) in [5, 5.41) is 8.73. The number of rotatable bonds is 13. The van der Waals surface area contributed by atoms with Gasteiger partial charge in [-0.25, -0.2) is 0 Å². The molecule has 0 aromatic heterocycles. The molecule has 172 valence electrons. The van der Waals surface area contributed by atoms with E-state index in [4.69, 9.17) is 19.3 Å². The SMILES string of the molecule is O=C(O)CCCCOc1cccc(C[C@@H]2[C@H](CCOCC3CCCC3)[C@@H]3CC[C@H]2O3)c1. The summed E-state index contributed by atoms with van der Waals surface area (Å²) in [5.74, 6) is 2.10. The third-order valence-corrected chi connectivity index (χ3v) is 7.44. The first-order chi connectivity index (χ1) is 15.2. The molecule has 5 nitrogen and oxygen atoms in total. The van der Waals surface area contributed by atoms with Gasteiger partial charge in [0.2, 0.25) is 0 Å². The second-order valence-electron chi connectivity index (χ2n) is 9.68. The fourth-order valence-corrected chi connectivity index (χ4v) is 5.80. The van der Waals surface area contributed by atoms with Crippen molar-refractivity contribution < 1.29 is 24.1 Å². The lowest BCUT2D eigenvalue weighted by molar-refractivity contribution is -0.137. The number of fused-ring (bicyclic) bond motifs is 2. The molecule has 0 radical (unpaired) electrons. The van der Waals surface area contributed by atoms with Crippen molar-refractivity contribution in [2.75, 3.05) is 19.8 Å². The molecule has 2 aliphatic heterocycles. The highest BCUT2D eigenvalue weighted by Gasteiger charge is 2.48. The van der Waals surface area contributed by atoms with Crippen LogP contribution in [0.5, 0.6) is 5.75 Å². The zero-order valence-corrected chi connectivity index (χ0v) is 18.7. The Morgan fingerprint density at radius 2 is 1.84 bits per heavy atom. The topological polar surface area (TPSA) is 65.0 Å². The summed E-state index contributed by atoms with van der Waals surface area (Å²) >= 11 is 0. The standard InChI is InChI=1S/C26H38O5/c27-26(28)10-3-4-14-30-21-9-5-8-20(16-21)17-23-22(24-11-12-25(23)31-24)13-15-29-18-19-6-1-2-7-19/h5,8-9,16,19,22-25H,1-4,6-7,10-15,17-18H2,(H,27,28)/t22-,23+,24-,25+/m0/s1. The minimum atomic E-state index is -0.742. The van der Waals surface area contributed by atoms with Crippen molar-refractivity contribution in [3.05, 3.63) is 29.8 Å². The molecule has 1 aromatic carbocycles. The second-order valence-corrected chi connectivity index (χ2v) is 9.68. The number of carboxylic acids is 1. The van der Waals surface area contributed by atoms with Gasteiger partial charge in [0.05, 0.1) is 18.8 Å². The minimum absolute atomic E-state index is 0.208. The molecule has 4 rings (SSSR count). The summed E-state index contributed by atoms with van der Waals surface area (Å²) in [5.41, 5.74) is 1.31. The maximum atomic E-state index is 10.6. The monoisotopic (exact) mass is 430 g/mol. The molecule has 2 saturated heterocycles. The molecule has 1 N–H and O–H groups in total. The van der Waals surface area contributed by atoms with Gasteiger partial charge in [0.1, 0.15) is 5.75 Å². The van der Waals surface area contributed by atoms with E-state index in [0.29, 0.717) is 37.1 Å². The van der Waals surface area contributed by atoms with Crippen molar-refractivity contribution in [3.63, 3.8) is 0 Å². The van der Waals surface area contributed by atoms with E-state index in [1.807, 2.05) is 6.07 Å². The van der Waals surface area contributed by atoms with Crippen LogP contribution in [0.2, 0.25) is 0 Å². The normalized spacial score (nSPS) is 27.7. The molecule has 0 spiro atoms. The fourth-order valence-electron chi connectivity index (χ4n) is 5.80. The Kier molecular flexibility index (Phi) is 8.26. The molecule has 5 heteroatoms. The highest BCUT2D eigenvalue weighted by molar-refractivity contribution is 5.66. The van der Waals surface area contributed by atoms with E-state index < -0.39 is 5.97 Å². The number of aliphatic carboxylic acids is 1. The Hall–Kier alpha value is -1.59. The van der Waals surface area contributed by atoms with Gasteiger partial charge >= 0.3 is 5.97 Å². The summed E-state index contributed by atoms with van der Waals surface area (Å²) in [6, 6.07) is 8.40. The predicted molar refractivity (Wildman–Crippen MR) is 119 cm³/mol. The van der Waals surface area contributed by atoms with Crippen molar-refractivity contribution >= 4 is 5.97 Å². The van der Waals surface area contributed by atoms with Crippen LogP contribution in [0.25, 0.3) is 0 Å². The molecule has 4 atom stereocenters. The van der Waals surface area contributed by atoms with Crippen LogP contribution in [-0.4, -0.2) is 43.1 Å². The first-order valence-electron chi connectivity index (χ1n) is 12.4. The molecular formula is C26H38O5. The summed E-state index contributed by atoms with van der Waals surface area (Å²) in [6.07, 6.45) is 12.4. The number of carbonyl (C=O) groups is 1. The second kappa shape index (κ2) is 11.3. The van der Waals surface area contributed by atoms with Crippen LogP contribution in [0.1, 0.15) is 69.8 Å². The van der Waals surface area contributed by atoms with Crippen molar-refractivity contribution in [3.8, 4) is 5.75 Å². The van der Waals surface area contributed by atoms with E-state index >= 15 is 0 Å². The quantitative estimate of drug-likeness (QED) is 0.433. The number of benzene rings is 1. The van der Waals surface area contributed by atoms with E-state index in [-0.39, 0.29) is 6.42 Å². The Bertz CT molecular complexity index is 699. The minimum Gasteiger partial charge on any atom is -0.494 e. The number of carboxylic acid groups (broad SMARTS) is 1. The van der Waals surface area contributed by atoms with Crippen molar-refractivity contribution in [1.82, 2.24) is 0 Å². The largest absolute Gasteiger partial charge is 0.494 e. The molecule has 0 unspecified atom stereocenters. The zero-order valence-electron chi connectivity index (χ0n) is 18.7. The lowest BCUT2D eigenvalue weighted by Crippen LogP contribution is -2.30. The van der Waals surface area contributed by atoms with Gasteiger partial charge in [-0.3, -0.25) is 4.79 Å². The Morgan fingerprint density at radius 3 is 2.65 bits per heavy atom. The Balaban J connectivity index is 1.24. The molecule has 3 aliphatic rings. The van der Waals surface area contributed by atoms with Gasteiger partial charge in [-0.2, -0.15) is 0 Å². The summed E-state index contributed by atoms with van der Waals surface area (Å²) in [7, 11) is 0. The molecule has 3 fully saturated rings. The van der Waals surface area contributed by atoms with E-state index in [9.17, 15) is 4.79 Å². The first kappa shape index (κ1) is 22.6. The van der Waals surface area contributed by atoms with Crippen molar-refractivity contribution in [1.29, 1.82) is 0 Å².